The summed E-state index contributed by atoms with van der Waals surface area (Å²) in [6, 6.07) is 11.2. The molecule has 0 aliphatic carbocycles. The number of amides is 1. The third-order valence-electron chi connectivity index (χ3n) is 5.59. The zero-order chi connectivity index (χ0) is 22.1. The highest BCUT2D eigenvalue weighted by Gasteiger charge is 2.17. The third-order valence-corrected chi connectivity index (χ3v) is 5.84. The first-order chi connectivity index (χ1) is 14.9. The first-order valence-electron chi connectivity index (χ1n) is 9.97. The summed E-state index contributed by atoms with van der Waals surface area (Å²) in [5, 5.41) is 11.3. The molecule has 0 saturated heterocycles. The number of carbonyl (C=O) groups is 1. The van der Waals surface area contributed by atoms with E-state index >= 15 is 0 Å². The molecular weight excluding hydrogens is 418 g/mol. The number of fused-ring (bicyclic) bond motifs is 2. The summed E-state index contributed by atoms with van der Waals surface area (Å²) in [5.41, 5.74) is 3.76. The minimum Gasteiger partial charge on any atom is -0.464 e. The quantitative estimate of drug-likeness (QED) is 0.445. The van der Waals surface area contributed by atoms with Gasteiger partial charge in [0.15, 0.2) is 0 Å². The Morgan fingerprint density at radius 3 is 2.58 bits per heavy atom. The van der Waals surface area contributed by atoms with Gasteiger partial charge < -0.3 is 18.8 Å². The Kier molecular flexibility index (Phi) is 5.85. The second-order valence-corrected chi connectivity index (χ2v) is 7.97. The minimum atomic E-state index is -0.452. The topological polar surface area (TPSA) is 83.9 Å². The fourth-order valence-corrected chi connectivity index (χ4v) is 3.88. The van der Waals surface area contributed by atoms with E-state index in [4.69, 9.17) is 25.5 Å². The number of furan rings is 1. The SMILES string of the molecule is Cc1c(CCC(=O)N(C)CCO)c(=O)oc2cc3occ(-c4ccc(Cl)cc4)c3cc12. The molecule has 2 aromatic carbocycles. The number of hydrogen-bond acceptors (Lipinski definition) is 5. The van der Waals surface area contributed by atoms with E-state index < -0.39 is 5.63 Å². The highest BCUT2D eigenvalue weighted by atomic mass is 35.5. The summed E-state index contributed by atoms with van der Waals surface area (Å²) < 4.78 is 11.3. The van der Waals surface area contributed by atoms with Crippen molar-refractivity contribution in [3.8, 4) is 11.1 Å². The summed E-state index contributed by atoms with van der Waals surface area (Å²) in [6.45, 7) is 2.02. The predicted octanol–water partition coefficient (Wildman–Crippen LogP) is 4.55. The fraction of sp³-hybridized carbons (Fsp3) is 0.250. The lowest BCUT2D eigenvalue weighted by Gasteiger charge is -2.15. The average molecular weight is 440 g/mol. The first-order valence-corrected chi connectivity index (χ1v) is 10.3. The van der Waals surface area contributed by atoms with Gasteiger partial charge in [0.2, 0.25) is 5.91 Å². The average Bonchev–Trinajstić information content (AvgIpc) is 3.15. The Labute approximate surface area is 183 Å². The summed E-state index contributed by atoms with van der Waals surface area (Å²) >= 11 is 6.01. The zero-order valence-electron chi connectivity index (χ0n) is 17.3. The molecule has 160 valence electrons. The number of rotatable bonds is 6. The van der Waals surface area contributed by atoms with Crippen molar-refractivity contribution < 1.29 is 18.7 Å². The van der Waals surface area contributed by atoms with Gasteiger partial charge in [0, 0.05) is 53.0 Å². The van der Waals surface area contributed by atoms with E-state index in [2.05, 4.69) is 0 Å². The van der Waals surface area contributed by atoms with Crippen molar-refractivity contribution in [1.29, 1.82) is 0 Å². The van der Waals surface area contributed by atoms with E-state index in [1.807, 2.05) is 37.3 Å². The van der Waals surface area contributed by atoms with Gasteiger partial charge in [0.05, 0.1) is 12.9 Å². The molecule has 0 unspecified atom stereocenters. The molecule has 0 atom stereocenters. The number of aryl methyl sites for hydroxylation is 1. The van der Waals surface area contributed by atoms with Crippen LogP contribution in [0.5, 0.6) is 0 Å². The zero-order valence-corrected chi connectivity index (χ0v) is 18.0. The maximum absolute atomic E-state index is 12.6. The highest BCUT2D eigenvalue weighted by Crippen LogP contribution is 2.35. The van der Waals surface area contributed by atoms with Crippen molar-refractivity contribution in [3.63, 3.8) is 0 Å². The number of aliphatic hydroxyl groups excluding tert-OH is 1. The van der Waals surface area contributed by atoms with E-state index in [1.165, 1.54) is 4.90 Å². The largest absolute Gasteiger partial charge is 0.464 e. The van der Waals surface area contributed by atoms with Gasteiger partial charge in [0.25, 0.3) is 0 Å². The third kappa shape index (κ3) is 4.09. The number of likely N-dealkylation sites (N-methyl/N-ethyl adjacent to an activating group) is 1. The molecule has 31 heavy (non-hydrogen) atoms. The minimum absolute atomic E-state index is 0.101. The summed E-state index contributed by atoms with van der Waals surface area (Å²) in [4.78, 5) is 26.3. The van der Waals surface area contributed by atoms with Crippen LogP contribution in [0, 0.1) is 6.92 Å². The van der Waals surface area contributed by atoms with Crippen LogP contribution in [-0.4, -0.2) is 36.1 Å². The van der Waals surface area contributed by atoms with Crippen LogP contribution in [0.15, 0.2) is 56.3 Å². The molecule has 4 aromatic rings. The standard InChI is InChI=1S/C24H22ClNO5/c1-14-17(7-8-23(28)26(2)9-10-27)24(29)31-22-12-21-19(11-18(14)22)20(13-30-21)15-3-5-16(25)6-4-15/h3-6,11-13,27H,7-10H2,1-2H3. The molecule has 0 radical (unpaired) electrons. The molecule has 6 nitrogen and oxygen atoms in total. The number of halogens is 1. The van der Waals surface area contributed by atoms with Crippen molar-refractivity contribution in [2.45, 2.75) is 19.8 Å². The van der Waals surface area contributed by atoms with Crippen molar-refractivity contribution in [3.05, 3.63) is 69.2 Å². The molecule has 0 aliphatic heterocycles. The fourth-order valence-electron chi connectivity index (χ4n) is 3.75. The van der Waals surface area contributed by atoms with E-state index in [0.717, 1.165) is 27.5 Å². The molecule has 1 N–H and O–H groups in total. The molecule has 0 bridgehead atoms. The maximum Gasteiger partial charge on any atom is 0.339 e. The Balaban J connectivity index is 1.75. The molecule has 2 heterocycles. The highest BCUT2D eigenvalue weighted by molar-refractivity contribution is 6.30. The van der Waals surface area contributed by atoms with Gasteiger partial charge in [-0.05, 0) is 42.7 Å². The van der Waals surface area contributed by atoms with Crippen LogP contribution >= 0.6 is 11.6 Å². The molecule has 0 aliphatic rings. The Morgan fingerprint density at radius 1 is 1.13 bits per heavy atom. The number of aliphatic hydroxyl groups is 1. The van der Waals surface area contributed by atoms with Gasteiger partial charge >= 0.3 is 5.63 Å². The molecule has 1 amide bonds. The second kappa shape index (κ2) is 8.57. The second-order valence-electron chi connectivity index (χ2n) is 7.53. The van der Waals surface area contributed by atoms with Crippen molar-refractivity contribution in [1.82, 2.24) is 4.90 Å². The van der Waals surface area contributed by atoms with Crippen molar-refractivity contribution in [2.24, 2.45) is 0 Å². The smallest absolute Gasteiger partial charge is 0.339 e. The molecule has 2 aromatic heterocycles. The van der Waals surface area contributed by atoms with Crippen LogP contribution in [0.4, 0.5) is 0 Å². The van der Waals surface area contributed by atoms with Crippen LogP contribution in [0.1, 0.15) is 17.5 Å². The molecular formula is C24H22ClNO5. The van der Waals surface area contributed by atoms with E-state index in [-0.39, 0.29) is 31.9 Å². The maximum atomic E-state index is 12.6. The van der Waals surface area contributed by atoms with E-state index in [0.29, 0.717) is 21.8 Å². The van der Waals surface area contributed by atoms with Gasteiger partial charge in [-0.25, -0.2) is 4.79 Å². The Hall–Kier alpha value is -3.09. The number of hydrogen-bond donors (Lipinski definition) is 1. The molecule has 0 saturated carbocycles. The molecule has 7 heteroatoms. The van der Waals surface area contributed by atoms with Crippen molar-refractivity contribution in [2.75, 3.05) is 20.2 Å². The van der Waals surface area contributed by atoms with Crippen molar-refractivity contribution >= 4 is 39.4 Å². The summed E-state index contributed by atoms with van der Waals surface area (Å²) in [5.74, 6) is -0.136. The monoisotopic (exact) mass is 439 g/mol. The molecule has 4 rings (SSSR count). The lowest BCUT2D eigenvalue weighted by Crippen LogP contribution is -2.30. The number of nitrogens with zero attached hydrogens (tertiary/aromatic N) is 1. The predicted molar refractivity (Wildman–Crippen MR) is 120 cm³/mol. The Bertz CT molecular complexity index is 1320. The lowest BCUT2D eigenvalue weighted by molar-refractivity contribution is -0.130. The van der Waals surface area contributed by atoms with Crippen LogP contribution in [-0.2, 0) is 11.2 Å². The van der Waals surface area contributed by atoms with Crippen LogP contribution in [0.25, 0.3) is 33.1 Å². The molecule has 0 spiro atoms. The van der Waals surface area contributed by atoms with Crippen LogP contribution in [0.2, 0.25) is 5.02 Å². The Morgan fingerprint density at radius 2 is 1.87 bits per heavy atom. The summed E-state index contributed by atoms with van der Waals surface area (Å²) in [6.07, 6.45) is 2.11. The van der Waals surface area contributed by atoms with Gasteiger partial charge in [0.1, 0.15) is 11.2 Å². The van der Waals surface area contributed by atoms with Gasteiger partial charge in [-0.15, -0.1) is 0 Å². The van der Waals surface area contributed by atoms with Gasteiger partial charge in [-0.3, -0.25) is 4.79 Å². The van der Waals surface area contributed by atoms with E-state index in [1.54, 1.807) is 19.4 Å². The lowest BCUT2D eigenvalue weighted by atomic mass is 9.99. The van der Waals surface area contributed by atoms with Crippen LogP contribution < -0.4 is 5.63 Å². The normalized spacial score (nSPS) is 11.4. The molecule has 0 fully saturated rings. The van der Waals surface area contributed by atoms with Gasteiger partial charge in [-0.2, -0.15) is 0 Å². The van der Waals surface area contributed by atoms with Gasteiger partial charge in [-0.1, -0.05) is 23.7 Å². The van der Waals surface area contributed by atoms with E-state index in [9.17, 15) is 9.59 Å². The van der Waals surface area contributed by atoms with Crippen LogP contribution in [0.3, 0.4) is 0 Å². The first kappa shape index (κ1) is 21.2. The number of benzene rings is 2. The summed E-state index contributed by atoms with van der Waals surface area (Å²) in [7, 11) is 1.63. The number of carbonyl (C=O) groups excluding carboxylic acids is 1.